The maximum absolute atomic E-state index is 12.2. The Kier molecular flexibility index (Phi) is 3.78. The first-order chi connectivity index (χ1) is 11.5. The number of anilines is 1. The van der Waals surface area contributed by atoms with Crippen molar-refractivity contribution in [1.82, 2.24) is 0 Å². The first-order valence-corrected chi connectivity index (χ1v) is 6.87. The minimum absolute atomic E-state index is 0.00254. The SMILES string of the molecule is COc1cccc(C2=NN(c3ccc([N+](=O)[O-])cc3)C(=O)C2=O)c1. The summed E-state index contributed by atoms with van der Waals surface area (Å²) < 4.78 is 5.09. The molecular formula is C16H11N3O5. The van der Waals surface area contributed by atoms with Crippen LogP contribution in [-0.2, 0) is 9.59 Å². The lowest BCUT2D eigenvalue weighted by atomic mass is 10.1. The van der Waals surface area contributed by atoms with E-state index in [1.54, 1.807) is 24.3 Å². The van der Waals surface area contributed by atoms with E-state index in [0.717, 1.165) is 5.01 Å². The van der Waals surface area contributed by atoms with Crippen molar-refractivity contribution >= 4 is 28.8 Å². The predicted octanol–water partition coefficient (Wildman–Crippen LogP) is 1.92. The van der Waals surface area contributed by atoms with E-state index in [-0.39, 0.29) is 17.1 Å². The second-order valence-corrected chi connectivity index (χ2v) is 4.90. The van der Waals surface area contributed by atoms with Crippen LogP contribution in [0.5, 0.6) is 5.75 Å². The topological polar surface area (TPSA) is 102 Å². The number of carbonyl (C=O) groups excluding carboxylic acids is 2. The summed E-state index contributed by atoms with van der Waals surface area (Å²) in [6, 6.07) is 11.8. The molecule has 24 heavy (non-hydrogen) atoms. The molecule has 1 heterocycles. The monoisotopic (exact) mass is 325 g/mol. The molecule has 0 N–H and O–H groups in total. The van der Waals surface area contributed by atoms with E-state index in [0.29, 0.717) is 11.3 Å². The van der Waals surface area contributed by atoms with Gasteiger partial charge in [0.25, 0.3) is 11.5 Å². The van der Waals surface area contributed by atoms with E-state index in [4.69, 9.17) is 4.74 Å². The highest BCUT2D eigenvalue weighted by atomic mass is 16.6. The fraction of sp³-hybridized carbons (Fsp3) is 0.0625. The molecule has 2 aromatic carbocycles. The number of nitrogens with zero attached hydrogens (tertiary/aromatic N) is 3. The zero-order valence-electron chi connectivity index (χ0n) is 12.5. The number of methoxy groups -OCH3 is 1. The van der Waals surface area contributed by atoms with Crippen molar-refractivity contribution in [2.45, 2.75) is 0 Å². The average molecular weight is 325 g/mol. The minimum atomic E-state index is -0.818. The zero-order valence-corrected chi connectivity index (χ0v) is 12.5. The van der Waals surface area contributed by atoms with Crippen LogP contribution in [0.4, 0.5) is 11.4 Å². The number of non-ortho nitro benzene ring substituents is 1. The Morgan fingerprint density at radius 3 is 2.46 bits per heavy atom. The third kappa shape index (κ3) is 2.60. The number of carbonyl (C=O) groups is 2. The molecule has 0 saturated heterocycles. The van der Waals surface area contributed by atoms with Gasteiger partial charge in [0.2, 0.25) is 0 Å². The number of hydrogen-bond donors (Lipinski definition) is 0. The first kappa shape index (κ1) is 15.3. The summed E-state index contributed by atoms with van der Waals surface area (Å²) in [5.74, 6) is -1.03. The van der Waals surface area contributed by atoms with Gasteiger partial charge < -0.3 is 4.74 Å². The molecule has 0 unspecified atom stereocenters. The lowest BCUT2D eigenvalue weighted by molar-refractivity contribution is -0.384. The van der Waals surface area contributed by atoms with Crippen LogP contribution >= 0.6 is 0 Å². The zero-order chi connectivity index (χ0) is 17.3. The maximum Gasteiger partial charge on any atom is 0.321 e. The van der Waals surface area contributed by atoms with Crippen LogP contribution < -0.4 is 9.75 Å². The quantitative estimate of drug-likeness (QED) is 0.485. The summed E-state index contributed by atoms with van der Waals surface area (Å²) in [7, 11) is 1.49. The third-order valence-electron chi connectivity index (χ3n) is 3.45. The molecule has 0 radical (unpaired) electrons. The normalized spacial score (nSPS) is 13.9. The van der Waals surface area contributed by atoms with E-state index >= 15 is 0 Å². The van der Waals surface area contributed by atoms with Crippen LogP contribution in [0.3, 0.4) is 0 Å². The molecule has 2 aromatic rings. The van der Waals surface area contributed by atoms with Crippen molar-refractivity contribution in [3.63, 3.8) is 0 Å². The molecule has 1 aliphatic rings. The first-order valence-electron chi connectivity index (χ1n) is 6.87. The van der Waals surface area contributed by atoms with Gasteiger partial charge in [-0.3, -0.25) is 19.7 Å². The number of amides is 1. The van der Waals surface area contributed by atoms with Crippen molar-refractivity contribution in [1.29, 1.82) is 0 Å². The van der Waals surface area contributed by atoms with Gasteiger partial charge in [-0.1, -0.05) is 12.1 Å². The predicted molar refractivity (Wildman–Crippen MR) is 85.1 cm³/mol. The molecule has 8 heteroatoms. The number of rotatable bonds is 4. The summed E-state index contributed by atoms with van der Waals surface area (Å²) in [6.45, 7) is 0. The molecule has 1 amide bonds. The second kappa shape index (κ2) is 5.92. The number of nitro benzene ring substituents is 1. The lowest BCUT2D eigenvalue weighted by Gasteiger charge is -2.09. The van der Waals surface area contributed by atoms with Gasteiger partial charge in [-0.05, 0) is 24.3 Å². The summed E-state index contributed by atoms with van der Waals surface area (Å²) >= 11 is 0. The van der Waals surface area contributed by atoms with Crippen molar-refractivity contribution in [3.05, 3.63) is 64.2 Å². The summed E-state index contributed by atoms with van der Waals surface area (Å²) in [5, 5.41) is 15.7. The summed E-state index contributed by atoms with van der Waals surface area (Å²) in [4.78, 5) is 34.5. The smallest absolute Gasteiger partial charge is 0.321 e. The molecule has 0 atom stereocenters. The molecule has 8 nitrogen and oxygen atoms in total. The van der Waals surface area contributed by atoms with Crippen LogP contribution in [-0.4, -0.2) is 29.4 Å². The highest BCUT2D eigenvalue weighted by Gasteiger charge is 2.36. The van der Waals surface area contributed by atoms with Gasteiger partial charge in [0, 0.05) is 17.7 Å². The molecule has 0 bridgehead atoms. The van der Waals surface area contributed by atoms with Gasteiger partial charge in [0.1, 0.15) is 11.5 Å². The van der Waals surface area contributed by atoms with Crippen molar-refractivity contribution in [3.8, 4) is 5.75 Å². The van der Waals surface area contributed by atoms with Gasteiger partial charge in [0.05, 0.1) is 17.7 Å². The number of ketones is 1. The Morgan fingerprint density at radius 2 is 1.83 bits per heavy atom. The van der Waals surface area contributed by atoms with E-state index in [2.05, 4.69) is 5.10 Å². The molecule has 120 valence electrons. The summed E-state index contributed by atoms with van der Waals surface area (Å²) in [5.41, 5.74) is 0.611. The van der Waals surface area contributed by atoms with Crippen LogP contribution in [0.25, 0.3) is 0 Å². The van der Waals surface area contributed by atoms with E-state index in [1.807, 2.05) is 0 Å². The van der Waals surface area contributed by atoms with Crippen molar-refractivity contribution < 1.29 is 19.2 Å². The fourth-order valence-electron chi connectivity index (χ4n) is 2.24. The average Bonchev–Trinajstić information content (AvgIpc) is 2.90. The van der Waals surface area contributed by atoms with E-state index < -0.39 is 16.6 Å². The molecular weight excluding hydrogens is 314 g/mol. The number of nitro groups is 1. The Bertz CT molecular complexity index is 874. The number of ether oxygens (including phenoxy) is 1. The van der Waals surface area contributed by atoms with Gasteiger partial charge in [0.15, 0.2) is 0 Å². The maximum atomic E-state index is 12.2. The molecule has 3 rings (SSSR count). The Labute approximate surface area is 136 Å². The van der Waals surface area contributed by atoms with Gasteiger partial charge >= 0.3 is 5.91 Å². The number of benzene rings is 2. The Hall–Kier alpha value is -3.55. The van der Waals surface area contributed by atoms with Crippen LogP contribution in [0, 0.1) is 10.1 Å². The van der Waals surface area contributed by atoms with E-state index in [9.17, 15) is 19.7 Å². The summed E-state index contributed by atoms with van der Waals surface area (Å²) in [6.07, 6.45) is 0. The number of hydrogen-bond acceptors (Lipinski definition) is 6. The lowest BCUT2D eigenvalue weighted by Crippen LogP contribution is -2.27. The second-order valence-electron chi connectivity index (χ2n) is 4.90. The number of hydrazone groups is 1. The number of Topliss-reactive ketones (excluding diaryl/α,β-unsaturated/α-hetero) is 1. The largest absolute Gasteiger partial charge is 0.497 e. The van der Waals surface area contributed by atoms with Crippen LogP contribution in [0.2, 0.25) is 0 Å². The Morgan fingerprint density at radius 1 is 1.12 bits per heavy atom. The van der Waals surface area contributed by atoms with E-state index in [1.165, 1.54) is 31.4 Å². The van der Waals surface area contributed by atoms with Crippen LogP contribution in [0.15, 0.2) is 53.6 Å². The fourth-order valence-corrected chi connectivity index (χ4v) is 2.24. The third-order valence-corrected chi connectivity index (χ3v) is 3.45. The molecule has 0 aromatic heterocycles. The molecule has 0 spiro atoms. The standard InChI is InChI=1S/C16H11N3O5/c1-24-13-4-2-3-10(9-13)14-15(20)16(21)18(17-14)11-5-7-12(8-6-11)19(22)23/h2-9H,1H3. The van der Waals surface area contributed by atoms with Crippen molar-refractivity contribution in [2.24, 2.45) is 5.10 Å². The highest BCUT2D eigenvalue weighted by Crippen LogP contribution is 2.24. The van der Waals surface area contributed by atoms with Crippen LogP contribution in [0.1, 0.15) is 5.56 Å². The molecule has 0 saturated carbocycles. The highest BCUT2D eigenvalue weighted by molar-refractivity contribution is 6.72. The molecule has 1 aliphatic heterocycles. The van der Waals surface area contributed by atoms with Gasteiger partial charge in [-0.15, -0.1) is 0 Å². The van der Waals surface area contributed by atoms with Gasteiger partial charge in [-0.25, -0.2) is 0 Å². The minimum Gasteiger partial charge on any atom is -0.497 e. The van der Waals surface area contributed by atoms with Gasteiger partial charge in [-0.2, -0.15) is 10.1 Å². The Balaban J connectivity index is 1.97. The molecule has 0 aliphatic carbocycles. The molecule has 0 fully saturated rings. The van der Waals surface area contributed by atoms with Crippen molar-refractivity contribution in [2.75, 3.05) is 12.1 Å².